The summed E-state index contributed by atoms with van der Waals surface area (Å²) in [6, 6.07) is 4.37. The van der Waals surface area contributed by atoms with Crippen LogP contribution in [0.4, 0.5) is 5.13 Å². The highest BCUT2D eigenvalue weighted by Gasteiger charge is 2.17. The highest BCUT2D eigenvalue weighted by Crippen LogP contribution is 2.25. The molecule has 2 heterocycles. The summed E-state index contributed by atoms with van der Waals surface area (Å²) < 4.78 is 0. The highest BCUT2D eigenvalue weighted by molar-refractivity contribution is 7.14. The molecule has 1 aromatic carbocycles. The van der Waals surface area contributed by atoms with Crippen LogP contribution in [0.3, 0.4) is 0 Å². The first-order valence-electron chi connectivity index (χ1n) is 7.98. The highest BCUT2D eigenvalue weighted by atomic mass is 35.5. The largest absolute Gasteiger partial charge is 0.506 e. The number of piperidine rings is 1. The fourth-order valence-corrected chi connectivity index (χ4v) is 3.58. The lowest BCUT2D eigenvalue weighted by Gasteiger charge is -2.29. The van der Waals surface area contributed by atoms with E-state index < -0.39 is 0 Å². The second-order valence-electron chi connectivity index (χ2n) is 6.22. The minimum Gasteiger partial charge on any atom is -0.506 e. The van der Waals surface area contributed by atoms with Crippen LogP contribution in [0.15, 0.2) is 23.6 Å². The van der Waals surface area contributed by atoms with Crippen molar-refractivity contribution in [3.63, 3.8) is 0 Å². The molecule has 1 amide bonds. The number of phenols is 1. The number of thiazole rings is 1. The Morgan fingerprint density at radius 3 is 2.92 bits per heavy atom. The van der Waals surface area contributed by atoms with Crippen LogP contribution in [-0.4, -0.2) is 34.0 Å². The van der Waals surface area contributed by atoms with Crippen molar-refractivity contribution in [2.24, 2.45) is 5.92 Å². The minimum absolute atomic E-state index is 0.0411. The molecule has 0 bridgehead atoms. The lowest BCUT2D eigenvalue weighted by atomic mass is 9.99. The van der Waals surface area contributed by atoms with Crippen molar-refractivity contribution in [1.82, 2.24) is 9.88 Å². The van der Waals surface area contributed by atoms with E-state index in [0.717, 1.165) is 31.2 Å². The molecule has 2 aromatic rings. The van der Waals surface area contributed by atoms with Crippen molar-refractivity contribution in [3.8, 4) is 5.75 Å². The molecule has 1 aromatic heterocycles. The van der Waals surface area contributed by atoms with Crippen molar-refractivity contribution in [1.29, 1.82) is 0 Å². The second kappa shape index (κ2) is 7.51. The fraction of sp³-hybridized carbons (Fsp3) is 0.412. The van der Waals surface area contributed by atoms with Gasteiger partial charge in [-0.3, -0.25) is 15.0 Å². The number of amides is 1. The molecule has 0 aliphatic carbocycles. The topological polar surface area (TPSA) is 65.5 Å². The molecule has 128 valence electrons. The number of likely N-dealkylation sites (tertiary alicyclic amines) is 1. The summed E-state index contributed by atoms with van der Waals surface area (Å²) in [5.41, 5.74) is 1.37. The average Bonchev–Trinajstić information content (AvgIpc) is 2.99. The number of carbonyl (C=O) groups is 1. The zero-order chi connectivity index (χ0) is 17.1. The number of carbonyl (C=O) groups excluding carboxylic acids is 1. The zero-order valence-electron chi connectivity index (χ0n) is 13.5. The van der Waals surface area contributed by atoms with E-state index in [1.807, 2.05) is 5.38 Å². The molecule has 0 atom stereocenters. The fourth-order valence-electron chi connectivity index (χ4n) is 2.70. The summed E-state index contributed by atoms with van der Waals surface area (Å²) in [5, 5.41) is 14.9. The lowest BCUT2D eigenvalue weighted by Crippen LogP contribution is -2.32. The molecule has 0 spiro atoms. The number of anilines is 1. The SMILES string of the molecule is CC1CCN(Cc2csc(NC(=O)c3ccc(O)c(Cl)c3)n2)CC1. The molecule has 7 heteroatoms. The number of hydrogen-bond acceptors (Lipinski definition) is 5. The number of benzene rings is 1. The van der Waals surface area contributed by atoms with E-state index in [0.29, 0.717) is 10.7 Å². The van der Waals surface area contributed by atoms with Gasteiger partial charge in [-0.1, -0.05) is 18.5 Å². The van der Waals surface area contributed by atoms with Crippen LogP contribution in [0, 0.1) is 5.92 Å². The van der Waals surface area contributed by atoms with E-state index in [9.17, 15) is 9.90 Å². The van der Waals surface area contributed by atoms with E-state index in [-0.39, 0.29) is 16.7 Å². The van der Waals surface area contributed by atoms with Gasteiger partial charge in [0.2, 0.25) is 0 Å². The Hall–Kier alpha value is -1.63. The van der Waals surface area contributed by atoms with Gasteiger partial charge in [0.25, 0.3) is 5.91 Å². The summed E-state index contributed by atoms with van der Waals surface area (Å²) in [7, 11) is 0. The zero-order valence-corrected chi connectivity index (χ0v) is 15.0. The first-order chi connectivity index (χ1) is 11.5. The van der Waals surface area contributed by atoms with Gasteiger partial charge >= 0.3 is 0 Å². The van der Waals surface area contributed by atoms with Gasteiger partial charge in [0, 0.05) is 17.5 Å². The van der Waals surface area contributed by atoms with Gasteiger partial charge in [0.1, 0.15) is 5.75 Å². The molecule has 3 rings (SSSR count). The van der Waals surface area contributed by atoms with Gasteiger partial charge in [-0.15, -0.1) is 11.3 Å². The van der Waals surface area contributed by atoms with E-state index in [4.69, 9.17) is 11.6 Å². The van der Waals surface area contributed by atoms with Crippen molar-refractivity contribution >= 4 is 34.0 Å². The summed E-state index contributed by atoms with van der Waals surface area (Å²) in [5.74, 6) is 0.480. The standard InChI is InChI=1S/C17H20ClN3O2S/c1-11-4-6-21(7-5-11)9-13-10-24-17(19-13)20-16(23)12-2-3-15(22)14(18)8-12/h2-3,8,10-11,22H,4-7,9H2,1H3,(H,19,20,23). The molecule has 24 heavy (non-hydrogen) atoms. The predicted molar refractivity (Wildman–Crippen MR) is 96.9 cm³/mol. The Bertz CT molecular complexity index is 726. The molecule has 2 N–H and O–H groups in total. The average molecular weight is 366 g/mol. The summed E-state index contributed by atoms with van der Waals surface area (Å²) >= 11 is 7.25. The molecule has 1 aliphatic heterocycles. The Morgan fingerprint density at radius 2 is 2.21 bits per heavy atom. The third-order valence-electron chi connectivity index (χ3n) is 4.24. The molecular weight excluding hydrogens is 346 g/mol. The number of aromatic hydroxyl groups is 1. The van der Waals surface area contributed by atoms with E-state index in [2.05, 4.69) is 22.1 Å². The van der Waals surface area contributed by atoms with Gasteiger partial charge in [-0.2, -0.15) is 0 Å². The normalized spacial score (nSPS) is 16.2. The van der Waals surface area contributed by atoms with Crippen LogP contribution in [0.1, 0.15) is 35.8 Å². The smallest absolute Gasteiger partial charge is 0.257 e. The maximum absolute atomic E-state index is 12.2. The first-order valence-corrected chi connectivity index (χ1v) is 9.23. The number of phenolic OH excluding ortho intramolecular Hbond substituents is 1. The predicted octanol–water partition coefficient (Wildman–Crippen LogP) is 3.99. The van der Waals surface area contributed by atoms with Crippen molar-refractivity contribution < 1.29 is 9.90 Å². The van der Waals surface area contributed by atoms with Crippen LogP contribution in [0.2, 0.25) is 5.02 Å². The van der Waals surface area contributed by atoms with Crippen LogP contribution in [0.5, 0.6) is 5.75 Å². The number of nitrogens with one attached hydrogen (secondary N) is 1. The number of hydrogen-bond donors (Lipinski definition) is 2. The molecule has 0 saturated carbocycles. The second-order valence-corrected chi connectivity index (χ2v) is 7.49. The van der Waals surface area contributed by atoms with Gasteiger partial charge in [-0.05, 0) is 50.0 Å². The van der Waals surface area contributed by atoms with Crippen LogP contribution in [-0.2, 0) is 6.54 Å². The molecule has 1 fully saturated rings. The molecule has 1 aliphatic rings. The third-order valence-corrected chi connectivity index (χ3v) is 5.35. The van der Waals surface area contributed by atoms with Gasteiger partial charge in [-0.25, -0.2) is 4.98 Å². The van der Waals surface area contributed by atoms with Crippen molar-refractivity contribution in [3.05, 3.63) is 39.9 Å². The van der Waals surface area contributed by atoms with Crippen molar-refractivity contribution in [2.45, 2.75) is 26.3 Å². The molecular formula is C17H20ClN3O2S. The van der Waals surface area contributed by atoms with Crippen LogP contribution in [0.25, 0.3) is 0 Å². The minimum atomic E-state index is -0.287. The summed E-state index contributed by atoms with van der Waals surface area (Å²) in [4.78, 5) is 19.1. The van der Waals surface area contributed by atoms with E-state index in [1.54, 1.807) is 0 Å². The van der Waals surface area contributed by atoms with Crippen LogP contribution >= 0.6 is 22.9 Å². The summed E-state index contributed by atoms with van der Waals surface area (Å²) in [6.45, 7) is 5.33. The Balaban J connectivity index is 1.59. The molecule has 5 nitrogen and oxygen atoms in total. The van der Waals surface area contributed by atoms with Crippen LogP contribution < -0.4 is 5.32 Å². The summed E-state index contributed by atoms with van der Waals surface area (Å²) in [6.07, 6.45) is 2.46. The number of aromatic nitrogens is 1. The molecule has 1 saturated heterocycles. The van der Waals surface area contributed by atoms with Gasteiger partial charge in [0.15, 0.2) is 5.13 Å². The van der Waals surface area contributed by atoms with E-state index >= 15 is 0 Å². The van der Waals surface area contributed by atoms with E-state index in [1.165, 1.54) is 42.4 Å². The Labute approximate surface area is 150 Å². The molecule has 0 radical (unpaired) electrons. The van der Waals surface area contributed by atoms with Gasteiger partial charge in [0.05, 0.1) is 10.7 Å². The maximum atomic E-state index is 12.2. The lowest BCUT2D eigenvalue weighted by molar-refractivity contribution is 0.102. The number of nitrogens with zero attached hydrogens (tertiary/aromatic N) is 2. The van der Waals surface area contributed by atoms with Crippen molar-refractivity contribution in [2.75, 3.05) is 18.4 Å². The Kier molecular flexibility index (Phi) is 5.38. The monoisotopic (exact) mass is 365 g/mol. The first kappa shape index (κ1) is 17.2. The third kappa shape index (κ3) is 4.26. The molecule has 0 unspecified atom stereocenters. The Morgan fingerprint density at radius 1 is 1.46 bits per heavy atom. The van der Waals surface area contributed by atoms with Gasteiger partial charge < -0.3 is 5.11 Å². The quantitative estimate of drug-likeness (QED) is 0.859. The number of rotatable bonds is 4. The number of halogens is 1. The maximum Gasteiger partial charge on any atom is 0.257 e.